The van der Waals surface area contributed by atoms with E-state index in [1.165, 1.54) is 48.8 Å². The fourth-order valence-corrected chi connectivity index (χ4v) is 4.43. The Kier molecular flexibility index (Phi) is 8.90. The molecule has 3 unspecified atom stereocenters. The van der Waals surface area contributed by atoms with Crippen molar-refractivity contribution in [2.45, 2.75) is 85.1 Å². The number of thiocarbonyl (C=S) groups is 1. The van der Waals surface area contributed by atoms with E-state index in [-0.39, 0.29) is 0 Å². The van der Waals surface area contributed by atoms with Gasteiger partial charge in [0.05, 0.1) is 0 Å². The Labute approximate surface area is 166 Å². The van der Waals surface area contributed by atoms with Crippen LogP contribution in [0.5, 0.6) is 0 Å². The summed E-state index contributed by atoms with van der Waals surface area (Å²) in [6, 6.07) is 0.561. The monoisotopic (exact) mass is 375 g/mol. The molecule has 2 fully saturated rings. The van der Waals surface area contributed by atoms with Crippen LogP contribution >= 0.6 is 12.2 Å². The topological polar surface area (TPSA) is 21.3 Å². The average Bonchev–Trinajstić information content (AvgIpc) is 3.17. The summed E-state index contributed by atoms with van der Waals surface area (Å²) >= 11 is 5.36. The molecule has 0 aromatic heterocycles. The molecule has 0 saturated heterocycles. The van der Waals surface area contributed by atoms with Gasteiger partial charge < -0.3 is 10.1 Å². The highest BCUT2D eigenvalue weighted by Crippen LogP contribution is 2.44. The van der Waals surface area contributed by atoms with Gasteiger partial charge in [-0.2, -0.15) is 0 Å². The lowest BCUT2D eigenvalue weighted by Crippen LogP contribution is -2.38. The fourth-order valence-electron chi connectivity index (χ4n) is 4.21. The van der Waals surface area contributed by atoms with Crippen molar-refractivity contribution in [1.29, 1.82) is 0 Å². The van der Waals surface area contributed by atoms with E-state index in [1.807, 2.05) is 0 Å². The number of rotatable bonds is 9. The highest BCUT2D eigenvalue weighted by atomic mass is 32.1. The van der Waals surface area contributed by atoms with Crippen molar-refractivity contribution in [2.24, 2.45) is 11.8 Å². The van der Waals surface area contributed by atoms with Gasteiger partial charge in [0, 0.05) is 6.04 Å². The van der Waals surface area contributed by atoms with Gasteiger partial charge in [0.1, 0.15) is 6.61 Å². The second-order valence-electron chi connectivity index (χ2n) is 8.48. The number of allylic oxidation sites excluding steroid dienone is 5. The fraction of sp³-hybridized carbons (Fsp3) is 0.696. The van der Waals surface area contributed by atoms with Crippen molar-refractivity contribution in [3.63, 3.8) is 0 Å². The lowest BCUT2D eigenvalue weighted by Gasteiger charge is -2.23. The van der Waals surface area contributed by atoms with E-state index in [0.717, 1.165) is 31.1 Å². The third-order valence-corrected chi connectivity index (χ3v) is 6.05. The van der Waals surface area contributed by atoms with Crippen LogP contribution in [-0.4, -0.2) is 17.8 Å². The van der Waals surface area contributed by atoms with Crippen molar-refractivity contribution in [3.8, 4) is 0 Å². The first-order chi connectivity index (χ1) is 12.4. The van der Waals surface area contributed by atoms with Crippen LogP contribution in [0.3, 0.4) is 0 Å². The number of fused-ring (bicyclic) bond motifs is 2. The standard InChI is InChI=1S/C23H37NOS/c1-17(2)7-5-8-18(3)9-6-10-19(4)13-14-25-23(26)24-22-16-20-11-12-21(22)15-20/h7,9,13,20-22H,5-6,8,10-12,14-16H2,1-4H3,(H,24,26)/b18-9+,19-13+. The second kappa shape index (κ2) is 10.9. The highest BCUT2D eigenvalue weighted by molar-refractivity contribution is 7.80. The van der Waals surface area contributed by atoms with Crippen LogP contribution in [0.4, 0.5) is 0 Å². The Bertz CT molecular complexity index is 557. The molecule has 2 aliphatic carbocycles. The van der Waals surface area contributed by atoms with Crippen LogP contribution in [0.1, 0.15) is 79.1 Å². The number of nitrogens with one attached hydrogen (secondary N) is 1. The summed E-state index contributed by atoms with van der Waals surface area (Å²) in [5, 5.41) is 4.02. The molecule has 2 bridgehead atoms. The zero-order valence-corrected chi connectivity index (χ0v) is 18.0. The third kappa shape index (κ3) is 7.65. The summed E-state index contributed by atoms with van der Waals surface area (Å²) in [4.78, 5) is 0. The number of ether oxygens (including phenoxy) is 1. The largest absolute Gasteiger partial charge is 0.467 e. The van der Waals surface area contributed by atoms with Gasteiger partial charge in [-0.25, -0.2) is 0 Å². The quantitative estimate of drug-likeness (QED) is 0.368. The Morgan fingerprint density at radius 2 is 1.65 bits per heavy atom. The van der Waals surface area contributed by atoms with E-state index in [1.54, 1.807) is 0 Å². The Hall–Kier alpha value is -1.09. The minimum absolute atomic E-state index is 0.561. The molecule has 3 heteroatoms. The van der Waals surface area contributed by atoms with Crippen LogP contribution in [-0.2, 0) is 4.74 Å². The summed E-state index contributed by atoms with van der Waals surface area (Å²) in [6.45, 7) is 9.33. The zero-order valence-electron chi connectivity index (χ0n) is 17.1. The van der Waals surface area contributed by atoms with Gasteiger partial charge in [0.25, 0.3) is 5.17 Å². The second-order valence-corrected chi connectivity index (χ2v) is 8.85. The van der Waals surface area contributed by atoms with Crippen LogP contribution in [0.2, 0.25) is 0 Å². The van der Waals surface area contributed by atoms with Crippen LogP contribution in [0.15, 0.2) is 34.9 Å². The lowest BCUT2D eigenvalue weighted by atomic mass is 9.96. The van der Waals surface area contributed by atoms with Crippen LogP contribution in [0.25, 0.3) is 0 Å². The molecule has 2 saturated carbocycles. The van der Waals surface area contributed by atoms with E-state index in [2.05, 4.69) is 51.2 Å². The maximum atomic E-state index is 5.71. The van der Waals surface area contributed by atoms with E-state index >= 15 is 0 Å². The maximum Gasteiger partial charge on any atom is 0.257 e. The Morgan fingerprint density at radius 1 is 0.962 bits per heavy atom. The molecule has 0 aliphatic heterocycles. The molecule has 26 heavy (non-hydrogen) atoms. The summed E-state index contributed by atoms with van der Waals surface area (Å²) in [6.07, 6.45) is 16.8. The summed E-state index contributed by atoms with van der Waals surface area (Å²) in [5.41, 5.74) is 4.27. The highest BCUT2D eigenvalue weighted by Gasteiger charge is 2.39. The van der Waals surface area contributed by atoms with E-state index < -0.39 is 0 Å². The minimum Gasteiger partial charge on any atom is -0.467 e. The molecule has 0 heterocycles. The molecule has 0 amide bonds. The summed E-state index contributed by atoms with van der Waals surface area (Å²) in [7, 11) is 0. The van der Waals surface area contributed by atoms with Gasteiger partial charge in [-0.3, -0.25) is 0 Å². The van der Waals surface area contributed by atoms with Crippen molar-refractivity contribution < 1.29 is 4.74 Å². The minimum atomic E-state index is 0.561. The first kappa shape index (κ1) is 21.2. The van der Waals surface area contributed by atoms with Crippen molar-refractivity contribution in [1.82, 2.24) is 5.32 Å². The predicted octanol–water partition coefficient (Wildman–Crippen LogP) is 6.49. The smallest absolute Gasteiger partial charge is 0.257 e. The lowest BCUT2D eigenvalue weighted by molar-refractivity contribution is 0.311. The molecule has 0 spiro atoms. The Morgan fingerprint density at radius 3 is 2.27 bits per heavy atom. The maximum absolute atomic E-state index is 5.71. The molecular weight excluding hydrogens is 338 g/mol. The van der Waals surface area contributed by atoms with E-state index in [0.29, 0.717) is 17.8 Å². The molecule has 2 aliphatic rings. The molecule has 146 valence electrons. The van der Waals surface area contributed by atoms with Gasteiger partial charge in [0.15, 0.2) is 0 Å². The first-order valence-corrected chi connectivity index (χ1v) is 10.7. The van der Waals surface area contributed by atoms with Crippen molar-refractivity contribution in [2.75, 3.05) is 6.61 Å². The van der Waals surface area contributed by atoms with E-state index in [4.69, 9.17) is 17.0 Å². The third-order valence-electron chi connectivity index (χ3n) is 5.81. The van der Waals surface area contributed by atoms with Gasteiger partial charge in [-0.05, 0) is 103 Å². The SMILES string of the molecule is CC(C)=CCC/C(C)=C/CC/C(C)=C/COC(=S)NC1CC2CCC1C2. The average molecular weight is 376 g/mol. The van der Waals surface area contributed by atoms with Gasteiger partial charge in [0.2, 0.25) is 0 Å². The molecule has 0 aromatic rings. The normalized spacial score (nSPS) is 25.3. The summed E-state index contributed by atoms with van der Waals surface area (Å²) in [5.74, 6) is 1.76. The summed E-state index contributed by atoms with van der Waals surface area (Å²) < 4.78 is 5.71. The van der Waals surface area contributed by atoms with Gasteiger partial charge in [-0.15, -0.1) is 0 Å². The zero-order chi connectivity index (χ0) is 18.9. The van der Waals surface area contributed by atoms with Crippen LogP contribution < -0.4 is 5.32 Å². The molecular formula is C23H37NOS. The molecule has 3 atom stereocenters. The van der Waals surface area contributed by atoms with Crippen LogP contribution in [0, 0.1) is 11.8 Å². The molecule has 2 nitrogen and oxygen atoms in total. The molecule has 0 aromatic carbocycles. The molecule has 2 rings (SSSR count). The predicted molar refractivity (Wildman–Crippen MR) is 116 cm³/mol. The van der Waals surface area contributed by atoms with Gasteiger partial charge >= 0.3 is 0 Å². The van der Waals surface area contributed by atoms with E-state index in [9.17, 15) is 0 Å². The molecule has 0 radical (unpaired) electrons. The van der Waals surface area contributed by atoms with Gasteiger partial charge in [-0.1, -0.05) is 35.3 Å². The first-order valence-electron chi connectivity index (χ1n) is 10.3. The van der Waals surface area contributed by atoms with Crippen molar-refractivity contribution >= 4 is 17.4 Å². The Balaban J connectivity index is 1.57. The van der Waals surface area contributed by atoms with Crippen molar-refractivity contribution in [3.05, 3.63) is 34.9 Å². The number of hydrogen-bond donors (Lipinski definition) is 1. The molecule has 1 N–H and O–H groups in total. The number of hydrogen-bond acceptors (Lipinski definition) is 2.